The first-order valence-corrected chi connectivity index (χ1v) is 10.8. The summed E-state index contributed by atoms with van der Waals surface area (Å²) in [5.74, 6) is 0.679. The van der Waals surface area contributed by atoms with Gasteiger partial charge in [-0.15, -0.1) is 0 Å². The molecule has 1 saturated heterocycles. The Morgan fingerprint density at radius 2 is 1.79 bits per heavy atom. The van der Waals surface area contributed by atoms with Gasteiger partial charge in [-0.25, -0.2) is 13.1 Å². The van der Waals surface area contributed by atoms with Gasteiger partial charge in [-0.3, -0.25) is 4.90 Å². The van der Waals surface area contributed by atoms with Crippen LogP contribution in [0.3, 0.4) is 0 Å². The highest BCUT2D eigenvalue weighted by molar-refractivity contribution is 7.90. The van der Waals surface area contributed by atoms with Gasteiger partial charge in [-0.1, -0.05) is 38.1 Å². The van der Waals surface area contributed by atoms with Crippen molar-refractivity contribution in [2.75, 3.05) is 13.1 Å². The van der Waals surface area contributed by atoms with Crippen LogP contribution < -0.4 is 4.72 Å². The van der Waals surface area contributed by atoms with Crippen LogP contribution in [-0.4, -0.2) is 37.7 Å². The number of hydrogen-bond acceptors (Lipinski definition) is 3. The zero-order chi connectivity index (χ0) is 17.2. The number of likely N-dealkylation sites (tertiary alicyclic amines) is 1. The molecule has 1 N–H and O–H groups in total. The summed E-state index contributed by atoms with van der Waals surface area (Å²) < 4.78 is 27.2. The SMILES string of the molecule is CC(C)Cc1ccc(CN2CCC[C@H](NS(=O)(=O)C3CC3)C2)cc1. The molecular weight excluding hydrogens is 320 g/mol. The van der Waals surface area contributed by atoms with E-state index in [1.54, 1.807) is 0 Å². The van der Waals surface area contributed by atoms with Gasteiger partial charge in [0.1, 0.15) is 0 Å². The van der Waals surface area contributed by atoms with Gasteiger partial charge in [0.15, 0.2) is 0 Å². The van der Waals surface area contributed by atoms with Gasteiger partial charge in [0.25, 0.3) is 0 Å². The molecule has 3 rings (SSSR count). The topological polar surface area (TPSA) is 49.4 Å². The van der Waals surface area contributed by atoms with Gasteiger partial charge < -0.3 is 0 Å². The summed E-state index contributed by atoms with van der Waals surface area (Å²) in [7, 11) is -3.08. The highest BCUT2D eigenvalue weighted by Crippen LogP contribution is 2.28. The van der Waals surface area contributed by atoms with E-state index in [9.17, 15) is 8.42 Å². The summed E-state index contributed by atoms with van der Waals surface area (Å²) in [5.41, 5.74) is 2.70. The molecule has 2 aliphatic rings. The first-order valence-electron chi connectivity index (χ1n) is 9.23. The van der Waals surface area contributed by atoms with Crippen LogP contribution in [0.25, 0.3) is 0 Å². The largest absolute Gasteiger partial charge is 0.298 e. The molecule has 1 atom stereocenters. The van der Waals surface area contributed by atoms with Gasteiger partial charge in [-0.05, 0) is 55.7 Å². The highest BCUT2D eigenvalue weighted by Gasteiger charge is 2.37. The Hall–Kier alpha value is -0.910. The lowest BCUT2D eigenvalue weighted by Gasteiger charge is -2.33. The smallest absolute Gasteiger partial charge is 0.214 e. The fourth-order valence-electron chi connectivity index (χ4n) is 3.51. The molecular formula is C19H30N2O2S. The molecule has 1 aromatic carbocycles. The molecule has 134 valence electrons. The molecule has 2 fully saturated rings. The fraction of sp³-hybridized carbons (Fsp3) is 0.684. The van der Waals surface area contributed by atoms with Crippen molar-refractivity contribution in [3.63, 3.8) is 0 Å². The number of sulfonamides is 1. The molecule has 0 bridgehead atoms. The van der Waals surface area contributed by atoms with E-state index in [0.29, 0.717) is 5.92 Å². The van der Waals surface area contributed by atoms with Crippen molar-refractivity contribution in [3.8, 4) is 0 Å². The number of benzene rings is 1. The minimum atomic E-state index is -3.08. The fourth-order valence-corrected chi connectivity index (χ4v) is 5.12. The Balaban J connectivity index is 1.53. The van der Waals surface area contributed by atoms with Crippen molar-refractivity contribution in [3.05, 3.63) is 35.4 Å². The quantitative estimate of drug-likeness (QED) is 0.822. The first-order chi connectivity index (χ1) is 11.4. The molecule has 0 amide bonds. The lowest BCUT2D eigenvalue weighted by atomic mass is 10.0. The molecule has 5 heteroatoms. The zero-order valence-corrected chi connectivity index (χ0v) is 15.7. The lowest BCUT2D eigenvalue weighted by Crippen LogP contribution is -2.48. The first kappa shape index (κ1) is 17.9. The molecule has 0 spiro atoms. The van der Waals surface area contributed by atoms with Gasteiger partial charge >= 0.3 is 0 Å². The molecule has 0 unspecified atom stereocenters. The summed E-state index contributed by atoms with van der Waals surface area (Å²) in [5, 5.41) is -0.124. The molecule has 1 saturated carbocycles. The van der Waals surface area contributed by atoms with Crippen LogP contribution >= 0.6 is 0 Å². The summed E-state index contributed by atoms with van der Waals surface area (Å²) in [6.45, 7) is 7.26. The van der Waals surface area contributed by atoms with Crippen molar-refractivity contribution in [1.82, 2.24) is 9.62 Å². The molecule has 0 aromatic heterocycles. The molecule has 4 nitrogen and oxygen atoms in total. The van der Waals surface area contributed by atoms with Crippen LogP contribution in [0, 0.1) is 5.92 Å². The molecule has 1 heterocycles. The number of piperidine rings is 1. The van der Waals surface area contributed by atoms with Gasteiger partial charge in [0, 0.05) is 19.1 Å². The summed E-state index contributed by atoms with van der Waals surface area (Å²) in [6.07, 6.45) is 4.79. The van der Waals surface area contributed by atoms with Crippen LogP contribution in [0.4, 0.5) is 0 Å². The minimum Gasteiger partial charge on any atom is -0.298 e. The summed E-state index contributed by atoms with van der Waals surface area (Å²) >= 11 is 0. The van der Waals surface area contributed by atoms with E-state index in [4.69, 9.17) is 0 Å². The standard InChI is InChI=1S/C19H30N2O2S/c1-15(2)12-16-5-7-17(8-6-16)13-21-11-3-4-18(14-21)20-24(22,23)19-9-10-19/h5-8,15,18-20H,3-4,9-14H2,1-2H3/t18-/m0/s1. The Morgan fingerprint density at radius 3 is 2.42 bits per heavy atom. The third kappa shape index (κ3) is 5.04. The Labute approximate surface area is 146 Å². The third-order valence-corrected chi connectivity index (χ3v) is 6.88. The Morgan fingerprint density at radius 1 is 1.12 bits per heavy atom. The van der Waals surface area contributed by atoms with Crippen molar-refractivity contribution < 1.29 is 8.42 Å². The van der Waals surface area contributed by atoms with E-state index in [1.165, 1.54) is 11.1 Å². The van der Waals surface area contributed by atoms with Crippen molar-refractivity contribution >= 4 is 10.0 Å². The average Bonchev–Trinajstić information content (AvgIpc) is 3.34. The Bertz CT molecular complexity index is 636. The minimum absolute atomic E-state index is 0.0737. The predicted molar refractivity (Wildman–Crippen MR) is 98.4 cm³/mol. The van der Waals surface area contributed by atoms with Crippen molar-refractivity contribution in [1.29, 1.82) is 0 Å². The lowest BCUT2D eigenvalue weighted by molar-refractivity contribution is 0.194. The second-order valence-electron chi connectivity index (χ2n) is 7.85. The third-order valence-electron chi connectivity index (χ3n) is 4.87. The van der Waals surface area contributed by atoms with Crippen LogP contribution in [0.15, 0.2) is 24.3 Å². The normalized spacial score (nSPS) is 22.9. The molecule has 1 aliphatic heterocycles. The molecule has 1 aliphatic carbocycles. The monoisotopic (exact) mass is 350 g/mol. The van der Waals surface area contributed by atoms with E-state index in [0.717, 1.165) is 51.7 Å². The number of nitrogens with zero attached hydrogens (tertiary/aromatic N) is 1. The van der Waals surface area contributed by atoms with Crippen LogP contribution in [0.2, 0.25) is 0 Å². The number of rotatable bonds is 7. The molecule has 1 aromatic rings. The Kier molecular flexibility index (Phi) is 5.63. The van der Waals surface area contributed by atoms with E-state index in [1.807, 2.05) is 0 Å². The zero-order valence-electron chi connectivity index (χ0n) is 14.9. The summed E-state index contributed by atoms with van der Waals surface area (Å²) in [6, 6.07) is 8.97. The van der Waals surface area contributed by atoms with E-state index < -0.39 is 10.0 Å². The maximum atomic E-state index is 12.1. The van der Waals surface area contributed by atoms with E-state index >= 15 is 0 Å². The molecule has 24 heavy (non-hydrogen) atoms. The second-order valence-corrected chi connectivity index (χ2v) is 9.84. The predicted octanol–water partition coefficient (Wildman–Crippen LogP) is 2.93. The highest BCUT2D eigenvalue weighted by atomic mass is 32.2. The maximum absolute atomic E-state index is 12.1. The van der Waals surface area contributed by atoms with Crippen LogP contribution in [-0.2, 0) is 23.0 Å². The van der Waals surface area contributed by atoms with E-state index in [2.05, 4.69) is 47.7 Å². The maximum Gasteiger partial charge on any atom is 0.214 e. The van der Waals surface area contributed by atoms with Crippen molar-refractivity contribution in [2.45, 2.75) is 63.8 Å². The second kappa shape index (κ2) is 7.54. The van der Waals surface area contributed by atoms with Crippen LogP contribution in [0.1, 0.15) is 50.7 Å². The van der Waals surface area contributed by atoms with Gasteiger partial charge in [-0.2, -0.15) is 0 Å². The van der Waals surface area contributed by atoms with Gasteiger partial charge in [0.05, 0.1) is 5.25 Å². The van der Waals surface area contributed by atoms with Crippen LogP contribution in [0.5, 0.6) is 0 Å². The van der Waals surface area contributed by atoms with E-state index in [-0.39, 0.29) is 11.3 Å². The van der Waals surface area contributed by atoms with Gasteiger partial charge in [0.2, 0.25) is 10.0 Å². The number of hydrogen-bond donors (Lipinski definition) is 1. The average molecular weight is 351 g/mol. The number of nitrogens with one attached hydrogen (secondary N) is 1. The van der Waals surface area contributed by atoms with Crippen molar-refractivity contribution in [2.24, 2.45) is 5.92 Å². The summed E-state index contributed by atoms with van der Waals surface area (Å²) in [4.78, 5) is 2.38. The molecule has 0 radical (unpaired) electrons.